The molecule has 0 spiro atoms. The average Bonchev–Trinajstić information content (AvgIpc) is 3.03. The van der Waals surface area contributed by atoms with Crippen LogP contribution < -0.4 is 0 Å². The van der Waals surface area contributed by atoms with Crippen LogP contribution in [0.25, 0.3) is 0 Å². The highest BCUT2D eigenvalue weighted by Crippen LogP contribution is 2.11. The molecule has 1 aliphatic heterocycles. The standard InChI is InChI=1S/C9H12.C3H5NO/c1-8(2)9-6-4-3-5-7-9;5-3-4-1-2-4/h3-8H,1-2H3;3H,1-2H2. The van der Waals surface area contributed by atoms with Crippen LogP contribution in [-0.2, 0) is 4.79 Å². The van der Waals surface area contributed by atoms with Crippen molar-refractivity contribution in [3.05, 3.63) is 35.9 Å². The zero-order chi connectivity index (χ0) is 10.4. The zero-order valence-corrected chi connectivity index (χ0v) is 8.81. The highest BCUT2D eigenvalue weighted by atomic mass is 16.1. The van der Waals surface area contributed by atoms with Crippen LogP contribution in [0.15, 0.2) is 30.3 Å². The van der Waals surface area contributed by atoms with E-state index in [2.05, 4.69) is 38.1 Å². The van der Waals surface area contributed by atoms with Crippen LogP contribution in [0, 0.1) is 0 Å². The monoisotopic (exact) mass is 191 g/mol. The molecule has 1 fully saturated rings. The van der Waals surface area contributed by atoms with E-state index in [0.29, 0.717) is 5.92 Å². The minimum atomic E-state index is 0.659. The molecule has 0 bridgehead atoms. The fourth-order valence-electron chi connectivity index (χ4n) is 1.00. The molecular weight excluding hydrogens is 174 g/mol. The maximum absolute atomic E-state index is 9.49. The van der Waals surface area contributed by atoms with Crippen LogP contribution in [0.5, 0.6) is 0 Å². The van der Waals surface area contributed by atoms with Crippen LogP contribution in [0.1, 0.15) is 25.3 Å². The van der Waals surface area contributed by atoms with Crippen molar-refractivity contribution >= 4 is 6.41 Å². The smallest absolute Gasteiger partial charge is 0.209 e. The van der Waals surface area contributed by atoms with E-state index in [-0.39, 0.29) is 0 Å². The van der Waals surface area contributed by atoms with Gasteiger partial charge in [0.1, 0.15) is 0 Å². The SMILES string of the molecule is CC(C)c1ccccc1.O=CN1CC1. The predicted octanol–water partition coefficient (Wildman–Crippen LogP) is 2.27. The van der Waals surface area contributed by atoms with E-state index in [9.17, 15) is 4.79 Å². The molecule has 1 heterocycles. The fraction of sp³-hybridized carbons (Fsp3) is 0.417. The Labute approximate surface area is 85.5 Å². The number of rotatable bonds is 2. The summed E-state index contributed by atoms with van der Waals surface area (Å²) in [6.07, 6.45) is 0.861. The van der Waals surface area contributed by atoms with Gasteiger partial charge in [0.2, 0.25) is 6.41 Å². The Morgan fingerprint density at radius 3 is 2.00 bits per heavy atom. The Kier molecular flexibility index (Phi) is 4.17. The summed E-state index contributed by atoms with van der Waals surface area (Å²) in [6.45, 7) is 6.36. The molecule has 0 unspecified atom stereocenters. The van der Waals surface area contributed by atoms with Crippen molar-refractivity contribution < 1.29 is 4.79 Å². The first-order chi connectivity index (χ1) is 6.74. The van der Waals surface area contributed by atoms with Crippen molar-refractivity contribution in [2.24, 2.45) is 0 Å². The molecule has 76 valence electrons. The Balaban J connectivity index is 0.000000165. The summed E-state index contributed by atoms with van der Waals surface area (Å²) in [4.78, 5) is 11.2. The van der Waals surface area contributed by atoms with Gasteiger partial charge in [-0.15, -0.1) is 0 Å². The summed E-state index contributed by atoms with van der Waals surface area (Å²) >= 11 is 0. The van der Waals surface area contributed by atoms with Gasteiger partial charge < -0.3 is 4.90 Å². The zero-order valence-electron chi connectivity index (χ0n) is 8.81. The number of hydrogen-bond donors (Lipinski definition) is 0. The molecule has 0 aromatic heterocycles. The Morgan fingerprint density at radius 2 is 1.79 bits per heavy atom. The Hall–Kier alpha value is -1.31. The lowest BCUT2D eigenvalue weighted by Crippen LogP contribution is -1.85. The van der Waals surface area contributed by atoms with E-state index < -0.39 is 0 Å². The summed E-state index contributed by atoms with van der Waals surface area (Å²) in [5.74, 6) is 0.659. The second kappa shape index (κ2) is 5.43. The van der Waals surface area contributed by atoms with Crippen LogP contribution in [0.4, 0.5) is 0 Å². The van der Waals surface area contributed by atoms with Gasteiger partial charge in [-0.05, 0) is 11.5 Å². The molecule has 2 heteroatoms. The average molecular weight is 191 g/mol. The minimum absolute atomic E-state index is 0.659. The van der Waals surface area contributed by atoms with Gasteiger partial charge >= 0.3 is 0 Å². The lowest BCUT2D eigenvalue weighted by molar-refractivity contribution is -0.113. The van der Waals surface area contributed by atoms with Crippen molar-refractivity contribution in [1.29, 1.82) is 0 Å². The second-order valence-electron chi connectivity index (χ2n) is 3.71. The molecule has 0 saturated carbocycles. The van der Waals surface area contributed by atoms with E-state index in [1.807, 2.05) is 6.07 Å². The van der Waals surface area contributed by atoms with Crippen LogP contribution >= 0.6 is 0 Å². The first-order valence-corrected chi connectivity index (χ1v) is 4.98. The first kappa shape index (κ1) is 10.8. The molecule has 1 aromatic carbocycles. The van der Waals surface area contributed by atoms with Gasteiger partial charge in [0.05, 0.1) is 0 Å². The van der Waals surface area contributed by atoms with Gasteiger partial charge in [0.25, 0.3) is 0 Å². The van der Waals surface area contributed by atoms with Gasteiger partial charge in [-0.2, -0.15) is 0 Å². The summed E-state index contributed by atoms with van der Waals surface area (Å²) in [5.41, 5.74) is 1.41. The highest BCUT2D eigenvalue weighted by Gasteiger charge is 2.11. The Bertz CT molecular complexity index is 265. The molecule has 1 aliphatic rings. The molecule has 1 amide bonds. The summed E-state index contributed by atoms with van der Waals surface area (Å²) < 4.78 is 0. The van der Waals surface area contributed by atoms with Crippen molar-refractivity contribution in [3.63, 3.8) is 0 Å². The maximum atomic E-state index is 9.49. The quantitative estimate of drug-likeness (QED) is 0.518. The topological polar surface area (TPSA) is 20.1 Å². The Morgan fingerprint density at radius 1 is 1.21 bits per heavy atom. The van der Waals surface area contributed by atoms with E-state index in [0.717, 1.165) is 19.5 Å². The van der Waals surface area contributed by atoms with Gasteiger partial charge in [-0.3, -0.25) is 4.79 Å². The summed E-state index contributed by atoms with van der Waals surface area (Å²) in [6, 6.07) is 10.5. The predicted molar refractivity (Wildman–Crippen MR) is 58.2 cm³/mol. The second-order valence-corrected chi connectivity index (χ2v) is 3.71. The number of benzene rings is 1. The van der Waals surface area contributed by atoms with Gasteiger partial charge in [0.15, 0.2) is 0 Å². The molecular formula is C12H17NO. The number of carbonyl (C=O) groups is 1. The molecule has 2 nitrogen and oxygen atoms in total. The third-order valence-electron chi connectivity index (χ3n) is 2.10. The number of hydrogen-bond acceptors (Lipinski definition) is 1. The van der Waals surface area contributed by atoms with Crippen molar-refractivity contribution in [2.45, 2.75) is 19.8 Å². The van der Waals surface area contributed by atoms with Crippen molar-refractivity contribution in [1.82, 2.24) is 4.90 Å². The van der Waals surface area contributed by atoms with Gasteiger partial charge in [-0.25, -0.2) is 0 Å². The molecule has 14 heavy (non-hydrogen) atoms. The first-order valence-electron chi connectivity index (χ1n) is 4.98. The minimum Gasteiger partial charge on any atom is -0.342 e. The van der Waals surface area contributed by atoms with E-state index >= 15 is 0 Å². The van der Waals surface area contributed by atoms with E-state index in [4.69, 9.17) is 0 Å². The molecule has 2 rings (SSSR count). The van der Waals surface area contributed by atoms with Crippen LogP contribution in [0.2, 0.25) is 0 Å². The third-order valence-corrected chi connectivity index (χ3v) is 2.10. The highest BCUT2D eigenvalue weighted by molar-refractivity contribution is 5.50. The van der Waals surface area contributed by atoms with E-state index in [1.54, 1.807) is 4.90 Å². The lowest BCUT2D eigenvalue weighted by Gasteiger charge is -2.01. The summed E-state index contributed by atoms with van der Waals surface area (Å²) in [5, 5.41) is 0. The molecule has 1 saturated heterocycles. The fourth-order valence-corrected chi connectivity index (χ4v) is 1.00. The van der Waals surface area contributed by atoms with E-state index in [1.165, 1.54) is 5.56 Å². The van der Waals surface area contributed by atoms with Gasteiger partial charge in [0, 0.05) is 13.1 Å². The van der Waals surface area contributed by atoms with Crippen molar-refractivity contribution in [3.8, 4) is 0 Å². The van der Waals surface area contributed by atoms with Gasteiger partial charge in [-0.1, -0.05) is 44.2 Å². The van der Waals surface area contributed by atoms with Crippen LogP contribution in [-0.4, -0.2) is 24.4 Å². The molecule has 0 radical (unpaired) electrons. The third kappa shape index (κ3) is 4.08. The maximum Gasteiger partial charge on any atom is 0.209 e. The largest absolute Gasteiger partial charge is 0.342 e. The molecule has 0 N–H and O–H groups in total. The molecule has 0 atom stereocenters. The molecule has 1 aromatic rings. The normalized spacial score (nSPS) is 13.2. The van der Waals surface area contributed by atoms with Crippen LogP contribution in [0.3, 0.4) is 0 Å². The number of nitrogens with zero attached hydrogens (tertiary/aromatic N) is 1. The molecule has 0 aliphatic carbocycles. The lowest BCUT2D eigenvalue weighted by atomic mass is 10.0. The number of amides is 1. The summed E-state index contributed by atoms with van der Waals surface area (Å²) in [7, 11) is 0. The van der Waals surface area contributed by atoms with Crippen molar-refractivity contribution in [2.75, 3.05) is 13.1 Å². The number of carbonyl (C=O) groups excluding carboxylic acids is 1.